The number of hydrogen-bond acceptors (Lipinski definition) is 6. The van der Waals surface area contributed by atoms with E-state index in [1.165, 1.54) is 12.1 Å². The summed E-state index contributed by atoms with van der Waals surface area (Å²) in [6, 6.07) is 53.4. The van der Waals surface area contributed by atoms with E-state index in [9.17, 15) is 9.59 Å². The maximum absolute atomic E-state index is 12.1. The quantitative estimate of drug-likeness (QED) is 0.163. The molecular weight excluding hydrogens is 741 g/mol. The summed E-state index contributed by atoms with van der Waals surface area (Å²) in [5.74, 6) is 13.1. The molecule has 8 nitrogen and oxygen atoms in total. The van der Waals surface area contributed by atoms with E-state index in [1.807, 2.05) is 146 Å². The summed E-state index contributed by atoms with van der Waals surface area (Å²) >= 11 is 0. The number of H-pyrrole nitrogens is 2. The average Bonchev–Trinajstić information content (AvgIpc) is 3.31. The molecule has 0 aliphatic rings. The molecule has 6 heterocycles. The number of benzene rings is 3. The van der Waals surface area contributed by atoms with E-state index >= 15 is 0 Å². The highest BCUT2D eigenvalue weighted by atomic mass is 16.1. The van der Waals surface area contributed by atoms with E-state index in [4.69, 9.17) is 9.97 Å². The minimum Gasteiger partial charge on any atom is -0.321 e. The van der Waals surface area contributed by atoms with Crippen molar-refractivity contribution in [3.8, 4) is 91.5 Å². The van der Waals surface area contributed by atoms with E-state index in [-0.39, 0.29) is 11.1 Å². The van der Waals surface area contributed by atoms with Gasteiger partial charge in [-0.3, -0.25) is 19.6 Å². The largest absolute Gasteiger partial charge is 0.321 e. The van der Waals surface area contributed by atoms with Crippen molar-refractivity contribution in [2.75, 3.05) is 0 Å². The number of aromatic amines is 2. The van der Waals surface area contributed by atoms with Crippen molar-refractivity contribution in [2.24, 2.45) is 0 Å². The molecule has 0 saturated carbocycles. The molecule has 3 aromatic carbocycles. The molecule has 0 spiro atoms. The molecule has 9 rings (SSSR count). The monoisotopic (exact) mass is 772 g/mol. The molecule has 60 heavy (non-hydrogen) atoms. The third-order valence-electron chi connectivity index (χ3n) is 9.62. The molecule has 0 radical (unpaired) electrons. The lowest BCUT2D eigenvalue weighted by atomic mass is 10.0. The van der Waals surface area contributed by atoms with Crippen LogP contribution in [-0.2, 0) is 0 Å². The van der Waals surface area contributed by atoms with Gasteiger partial charge in [0.15, 0.2) is 0 Å². The van der Waals surface area contributed by atoms with E-state index in [1.54, 1.807) is 24.5 Å². The van der Waals surface area contributed by atoms with Gasteiger partial charge in [-0.05, 0) is 131 Å². The Morgan fingerprint density at radius 3 is 1.05 bits per heavy atom. The highest BCUT2D eigenvalue weighted by Gasteiger charge is 2.12. The lowest BCUT2D eigenvalue weighted by molar-refractivity contribution is 1.19. The molecule has 0 atom stereocenters. The third kappa shape index (κ3) is 8.64. The van der Waals surface area contributed by atoms with E-state index < -0.39 is 0 Å². The molecule has 0 fully saturated rings. The van der Waals surface area contributed by atoms with Crippen LogP contribution in [0.4, 0.5) is 0 Å². The lowest BCUT2D eigenvalue weighted by Gasteiger charge is -2.10. The SMILES string of the molecule is O=c1cccc(-c2cc(-c3ccc(C#Cc4ccc(C#Cc5ccc(-c6cc(-c7ccccn7)nc(-c7cccc(=O)[nH]7)c6)cc5)cc4)cc3)cc(-c3ccccn3)n2)[nH]1. The van der Waals surface area contributed by atoms with Gasteiger partial charge in [-0.15, -0.1) is 0 Å². The number of nitrogens with one attached hydrogen (secondary N) is 2. The minimum atomic E-state index is -0.189. The van der Waals surface area contributed by atoms with Gasteiger partial charge in [-0.2, -0.15) is 0 Å². The summed E-state index contributed by atoms with van der Waals surface area (Å²) in [5.41, 5.74) is 12.5. The summed E-state index contributed by atoms with van der Waals surface area (Å²) in [4.78, 5) is 48.6. The van der Waals surface area contributed by atoms with Crippen LogP contribution in [0.3, 0.4) is 0 Å². The van der Waals surface area contributed by atoms with E-state index in [0.717, 1.165) is 55.9 Å². The Hall–Kier alpha value is -8.72. The summed E-state index contributed by atoms with van der Waals surface area (Å²) < 4.78 is 0. The van der Waals surface area contributed by atoms with Crippen LogP contribution < -0.4 is 11.1 Å². The Bertz CT molecular complexity index is 3010. The van der Waals surface area contributed by atoms with Gasteiger partial charge in [0, 0.05) is 46.8 Å². The van der Waals surface area contributed by atoms with Crippen molar-refractivity contribution in [2.45, 2.75) is 0 Å². The van der Waals surface area contributed by atoms with Crippen LogP contribution in [0.15, 0.2) is 192 Å². The third-order valence-corrected chi connectivity index (χ3v) is 9.62. The van der Waals surface area contributed by atoms with Crippen LogP contribution in [0.1, 0.15) is 22.3 Å². The first kappa shape index (κ1) is 36.9. The second-order valence-corrected chi connectivity index (χ2v) is 13.8. The molecule has 0 aliphatic heterocycles. The number of pyridine rings is 6. The molecule has 9 aromatic rings. The van der Waals surface area contributed by atoms with Gasteiger partial charge in [-0.1, -0.05) is 72.2 Å². The summed E-state index contributed by atoms with van der Waals surface area (Å²) in [6.45, 7) is 0. The smallest absolute Gasteiger partial charge is 0.248 e. The maximum atomic E-state index is 12.1. The molecule has 0 saturated heterocycles. The molecule has 0 unspecified atom stereocenters. The van der Waals surface area contributed by atoms with Crippen LogP contribution >= 0.6 is 0 Å². The van der Waals surface area contributed by atoms with Gasteiger partial charge >= 0.3 is 0 Å². The van der Waals surface area contributed by atoms with Gasteiger partial charge in [0.1, 0.15) is 0 Å². The first-order chi connectivity index (χ1) is 29.5. The molecule has 0 aliphatic carbocycles. The molecule has 0 amide bonds. The number of hydrogen-bond donors (Lipinski definition) is 2. The van der Waals surface area contributed by atoms with Crippen molar-refractivity contribution >= 4 is 0 Å². The number of aromatic nitrogens is 6. The Labute approximate surface area is 345 Å². The zero-order valence-corrected chi connectivity index (χ0v) is 31.9. The van der Waals surface area contributed by atoms with Crippen LogP contribution in [0.2, 0.25) is 0 Å². The van der Waals surface area contributed by atoms with E-state index in [2.05, 4.69) is 43.6 Å². The van der Waals surface area contributed by atoms with Gasteiger partial charge in [0.25, 0.3) is 0 Å². The van der Waals surface area contributed by atoms with Crippen molar-refractivity contribution in [1.82, 2.24) is 29.9 Å². The first-order valence-electron chi connectivity index (χ1n) is 19.1. The van der Waals surface area contributed by atoms with Crippen LogP contribution in [0, 0.1) is 23.7 Å². The minimum absolute atomic E-state index is 0.189. The van der Waals surface area contributed by atoms with Gasteiger partial charge in [0.2, 0.25) is 11.1 Å². The Kier molecular flexibility index (Phi) is 10.3. The standard InChI is InChI=1S/C52H32N6O2/c59-51-11-5-9-45(57-51)49-33-41(31-47(55-49)43-7-1-3-29-53-43)39-25-21-37(22-26-39)19-17-35-13-15-36(16-14-35)18-20-38-23-27-40(28-24-38)42-32-48(44-8-2-4-30-54-44)56-50(34-42)46-10-6-12-52(60)58-46/h1-16,21-34H,(H,57,59)(H,58,60). The molecule has 6 aromatic heterocycles. The fraction of sp³-hybridized carbons (Fsp3) is 0. The second-order valence-electron chi connectivity index (χ2n) is 13.8. The zero-order valence-electron chi connectivity index (χ0n) is 31.9. The second kappa shape index (κ2) is 16.8. The fourth-order valence-corrected chi connectivity index (χ4v) is 6.57. The van der Waals surface area contributed by atoms with Crippen molar-refractivity contribution in [1.29, 1.82) is 0 Å². The fourth-order valence-electron chi connectivity index (χ4n) is 6.57. The molecule has 2 N–H and O–H groups in total. The number of nitrogens with zero attached hydrogens (tertiary/aromatic N) is 4. The Morgan fingerprint density at radius 2 is 0.700 bits per heavy atom. The Balaban J connectivity index is 0.901. The summed E-state index contributed by atoms with van der Waals surface area (Å²) in [5, 5.41) is 0. The first-order valence-corrected chi connectivity index (χ1v) is 19.1. The van der Waals surface area contributed by atoms with Gasteiger partial charge < -0.3 is 9.97 Å². The summed E-state index contributed by atoms with van der Waals surface area (Å²) in [6.07, 6.45) is 3.47. The van der Waals surface area contributed by atoms with Crippen molar-refractivity contribution in [3.63, 3.8) is 0 Å². The number of rotatable bonds is 6. The lowest BCUT2D eigenvalue weighted by Crippen LogP contribution is -2.04. The maximum Gasteiger partial charge on any atom is 0.248 e. The summed E-state index contributed by atoms with van der Waals surface area (Å²) in [7, 11) is 0. The molecule has 282 valence electrons. The Morgan fingerprint density at radius 1 is 0.333 bits per heavy atom. The predicted molar refractivity (Wildman–Crippen MR) is 236 cm³/mol. The molecular formula is C52H32N6O2. The van der Waals surface area contributed by atoms with Crippen LogP contribution in [0.5, 0.6) is 0 Å². The predicted octanol–water partition coefficient (Wildman–Crippen LogP) is 9.44. The van der Waals surface area contributed by atoms with Crippen molar-refractivity contribution in [3.05, 3.63) is 225 Å². The van der Waals surface area contributed by atoms with E-state index in [0.29, 0.717) is 34.2 Å². The highest BCUT2D eigenvalue weighted by molar-refractivity contribution is 5.76. The zero-order chi connectivity index (χ0) is 40.7. The average molecular weight is 773 g/mol. The van der Waals surface area contributed by atoms with Gasteiger partial charge in [0.05, 0.1) is 45.6 Å². The topological polar surface area (TPSA) is 117 Å². The normalized spacial score (nSPS) is 10.5. The highest BCUT2D eigenvalue weighted by Crippen LogP contribution is 2.30. The van der Waals surface area contributed by atoms with Gasteiger partial charge in [-0.25, -0.2) is 9.97 Å². The van der Waals surface area contributed by atoms with Crippen molar-refractivity contribution < 1.29 is 0 Å². The van der Waals surface area contributed by atoms with Crippen LogP contribution in [-0.4, -0.2) is 29.9 Å². The van der Waals surface area contributed by atoms with Crippen LogP contribution in [0.25, 0.3) is 67.8 Å². The molecule has 0 bridgehead atoms. The molecule has 8 heteroatoms.